The molecule has 148 valence electrons. The Hall–Kier alpha value is -2.45. The normalized spacial score (nSPS) is 16.1. The van der Waals surface area contributed by atoms with Crippen LogP contribution in [0, 0.1) is 0 Å². The third kappa shape index (κ3) is 4.43. The van der Waals surface area contributed by atoms with Crippen LogP contribution in [0.3, 0.4) is 0 Å². The molecule has 1 saturated heterocycles. The predicted octanol–water partition coefficient (Wildman–Crippen LogP) is 4.30. The quantitative estimate of drug-likeness (QED) is 0.627. The lowest BCUT2D eigenvalue weighted by molar-refractivity contribution is 0.102. The molecule has 2 aromatic carbocycles. The zero-order valence-corrected chi connectivity index (χ0v) is 17.4. The van der Waals surface area contributed by atoms with Crippen LogP contribution in [-0.4, -0.2) is 28.2 Å². The van der Waals surface area contributed by atoms with Gasteiger partial charge >= 0.3 is 0 Å². The molecule has 1 unspecified atom stereocenters. The highest BCUT2D eigenvalue weighted by Crippen LogP contribution is 2.30. The maximum absolute atomic E-state index is 12.6. The predicted molar refractivity (Wildman–Crippen MR) is 118 cm³/mol. The molecule has 0 bridgehead atoms. The number of rotatable bonds is 4. The van der Waals surface area contributed by atoms with Gasteiger partial charge in [-0.15, -0.1) is 0 Å². The van der Waals surface area contributed by atoms with Crippen molar-refractivity contribution in [2.45, 2.75) is 0 Å². The Bertz CT molecular complexity index is 1090. The molecule has 4 rings (SSSR count). The van der Waals surface area contributed by atoms with E-state index in [9.17, 15) is 9.00 Å². The third-order valence-electron chi connectivity index (χ3n) is 4.38. The minimum Gasteiger partial charge on any atom is -0.322 e. The zero-order valence-electron chi connectivity index (χ0n) is 15.1. The average molecular weight is 447 g/mol. The Morgan fingerprint density at radius 2 is 1.90 bits per heavy atom. The highest BCUT2D eigenvalue weighted by atomic mass is 35.5. The summed E-state index contributed by atoms with van der Waals surface area (Å²) in [4.78, 5) is 16.9. The van der Waals surface area contributed by atoms with Gasteiger partial charge in [0.1, 0.15) is 0 Å². The van der Waals surface area contributed by atoms with Crippen LogP contribution < -0.4 is 14.3 Å². The molecule has 9 heteroatoms. The van der Waals surface area contributed by atoms with Crippen molar-refractivity contribution in [3.8, 4) is 11.3 Å². The second-order valence-electron chi connectivity index (χ2n) is 6.30. The van der Waals surface area contributed by atoms with Crippen LogP contribution in [0.5, 0.6) is 0 Å². The molecular weight excluding hydrogens is 431 g/mol. The van der Waals surface area contributed by atoms with Crippen molar-refractivity contribution in [2.75, 3.05) is 22.7 Å². The topological polar surface area (TPSA) is 74.3 Å². The number of nitrogens with zero attached hydrogens (tertiary/aromatic N) is 2. The highest BCUT2D eigenvalue weighted by Gasteiger charge is 2.20. The van der Waals surface area contributed by atoms with Crippen molar-refractivity contribution in [1.82, 2.24) is 9.71 Å². The van der Waals surface area contributed by atoms with Crippen LogP contribution in [0.2, 0.25) is 10.0 Å². The molecule has 2 heterocycles. The van der Waals surface area contributed by atoms with Crippen LogP contribution in [-0.2, 0) is 11.2 Å². The Labute approximate surface area is 180 Å². The minimum atomic E-state index is -1.23. The Kier molecular flexibility index (Phi) is 5.82. The summed E-state index contributed by atoms with van der Waals surface area (Å²) in [5.41, 5.74) is 3.17. The number of anilines is 2. The second-order valence-corrected chi connectivity index (χ2v) is 8.37. The van der Waals surface area contributed by atoms with E-state index in [0.717, 1.165) is 5.69 Å². The van der Waals surface area contributed by atoms with Gasteiger partial charge in [0.25, 0.3) is 5.91 Å². The van der Waals surface area contributed by atoms with Gasteiger partial charge in [0, 0.05) is 41.1 Å². The summed E-state index contributed by atoms with van der Waals surface area (Å²) in [5.74, 6) is -0.260. The van der Waals surface area contributed by atoms with Gasteiger partial charge in [-0.3, -0.25) is 14.1 Å². The van der Waals surface area contributed by atoms with Crippen LogP contribution in [0.15, 0.2) is 60.8 Å². The molecule has 3 aromatic rings. The summed E-state index contributed by atoms with van der Waals surface area (Å²) in [5, 5.41) is 3.92. The van der Waals surface area contributed by atoms with Crippen LogP contribution in [0.4, 0.5) is 11.4 Å². The number of halogens is 2. The number of amides is 1. The monoisotopic (exact) mass is 446 g/mol. The molecule has 1 aliphatic heterocycles. The van der Waals surface area contributed by atoms with E-state index in [-0.39, 0.29) is 5.91 Å². The van der Waals surface area contributed by atoms with Gasteiger partial charge < -0.3 is 5.32 Å². The summed E-state index contributed by atoms with van der Waals surface area (Å²) in [6.45, 7) is 1.32. The molecule has 1 amide bonds. The van der Waals surface area contributed by atoms with E-state index in [4.69, 9.17) is 23.2 Å². The van der Waals surface area contributed by atoms with Crippen LogP contribution in [0.1, 0.15) is 10.4 Å². The first-order valence-corrected chi connectivity index (χ1v) is 10.6. The van der Waals surface area contributed by atoms with E-state index in [2.05, 4.69) is 15.0 Å². The lowest BCUT2D eigenvalue weighted by Gasteiger charge is -2.15. The number of aromatic nitrogens is 1. The van der Waals surface area contributed by atoms with Gasteiger partial charge in [0.15, 0.2) is 11.2 Å². The van der Waals surface area contributed by atoms with E-state index < -0.39 is 11.2 Å². The van der Waals surface area contributed by atoms with Gasteiger partial charge in [-0.25, -0.2) is 8.93 Å². The fourth-order valence-electron chi connectivity index (χ4n) is 2.95. The summed E-state index contributed by atoms with van der Waals surface area (Å²) in [7, 11) is 0. The van der Waals surface area contributed by atoms with Gasteiger partial charge in [0.05, 0.1) is 16.4 Å². The van der Waals surface area contributed by atoms with Gasteiger partial charge in [0.2, 0.25) is 0 Å². The van der Waals surface area contributed by atoms with E-state index in [1.807, 2.05) is 0 Å². The SMILES string of the molecule is O=C(Nc1ccc(Cl)c(-c2cc(Cl)ccn2)c1)c1ccc(N2CCNS2=O)cc1. The number of carbonyl (C=O) groups is 1. The first-order valence-electron chi connectivity index (χ1n) is 8.77. The Morgan fingerprint density at radius 1 is 1.10 bits per heavy atom. The van der Waals surface area contributed by atoms with Crippen molar-refractivity contribution in [3.05, 3.63) is 76.4 Å². The number of benzene rings is 2. The standard InChI is InChI=1S/C20H16Cl2N4O2S/c21-14-7-8-23-19(11-14)17-12-15(3-6-18(17)22)25-20(27)13-1-4-16(5-2-13)26-10-9-24-29(26)28/h1-8,11-12,24H,9-10H2,(H,25,27). The van der Waals surface area contributed by atoms with Crippen LogP contribution >= 0.6 is 23.2 Å². The fraction of sp³-hybridized carbons (Fsp3) is 0.100. The number of carbonyl (C=O) groups excluding carboxylic acids is 1. The fourth-order valence-corrected chi connectivity index (χ4v) is 4.32. The molecule has 1 fully saturated rings. The number of nitrogens with one attached hydrogen (secondary N) is 2. The Balaban J connectivity index is 1.52. The van der Waals surface area contributed by atoms with Crippen molar-refractivity contribution >= 4 is 51.7 Å². The molecule has 0 aliphatic carbocycles. The van der Waals surface area contributed by atoms with Crippen molar-refractivity contribution in [3.63, 3.8) is 0 Å². The number of hydrogen-bond acceptors (Lipinski definition) is 3. The molecule has 6 nitrogen and oxygen atoms in total. The minimum absolute atomic E-state index is 0.260. The Morgan fingerprint density at radius 3 is 2.59 bits per heavy atom. The van der Waals surface area contributed by atoms with E-state index in [1.54, 1.807) is 65.1 Å². The summed E-state index contributed by atoms with van der Waals surface area (Å²) in [6.07, 6.45) is 1.60. The molecule has 29 heavy (non-hydrogen) atoms. The smallest absolute Gasteiger partial charge is 0.255 e. The largest absolute Gasteiger partial charge is 0.322 e. The second kappa shape index (κ2) is 8.51. The molecule has 0 saturated carbocycles. The van der Waals surface area contributed by atoms with Gasteiger partial charge in [-0.1, -0.05) is 23.2 Å². The first-order chi connectivity index (χ1) is 14.0. The van der Waals surface area contributed by atoms with Crippen molar-refractivity contribution < 1.29 is 9.00 Å². The average Bonchev–Trinajstić information content (AvgIpc) is 3.15. The van der Waals surface area contributed by atoms with Crippen molar-refractivity contribution in [1.29, 1.82) is 0 Å². The van der Waals surface area contributed by atoms with Gasteiger partial charge in [-0.2, -0.15) is 0 Å². The molecule has 1 aliphatic rings. The zero-order chi connectivity index (χ0) is 20.4. The van der Waals surface area contributed by atoms with E-state index in [0.29, 0.717) is 45.6 Å². The summed E-state index contributed by atoms with van der Waals surface area (Å²) < 4.78 is 16.5. The third-order valence-corrected chi connectivity index (χ3v) is 6.19. The van der Waals surface area contributed by atoms with Crippen LogP contribution in [0.25, 0.3) is 11.3 Å². The molecule has 0 radical (unpaired) electrons. The van der Waals surface area contributed by atoms with Gasteiger partial charge in [-0.05, 0) is 54.6 Å². The lowest BCUT2D eigenvalue weighted by atomic mass is 10.1. The lowest BCUT2D eigenvalue weighted by Crippen LogP contribution is -2.22. The summed E-state index contributed by atoms with van der Waals surface area (Å²) in [6, 6.07) is 15.5. The number of hydrogen-bond donors (Lipinski definition) is 2. The first kappa shape index (κ1) is 19.8. The molecule has 2 N–H and O–H groups in total. The molecule has 1 atom stereocenters. The maximum atomic E-state index is 12.6. The van der Waals surface area contributed by atoms with E-state index >= 15 is 0 Å². The molecule has 1 aromatic heterocycles. The molecule has 0 spiro atoms. The molecular formula is C20H16Cl2N4O2S. The highest BCUT2D eigenvalue weighted by molar-refractivity contribution is 7.84. The number of pyridine rings is 1. The maximum Gasteiger partial charge on any atom is 0.255 e. The van der Waals surface area contributed by atoms with Crippen molar-refractivity contribution in [2.24, 2.45) is 0 Å². The van der Waals surface area contributed by atoms with E-state index in [1.165, 1.54) is 0 Å². The summed E-state index contributed by atoms with van der Waals surface area (Å²) >= 11 is 11.1.